The first-order valence-corrected chi connectivity index (χ1v) is 7.47. The Labute approximate surface area is 124 Å². The van der Waals surface area contributed by atoms with E-state index in [1.54, 1.807) is 11.8 Å². The molecule has 1 aliphatic heterocycles. The van der Waals surface area contributed by atoms with Crippen molar-refractivity contribution >= 4 is 17.7 Å². The molecule has 1 heterocycles. The summed E-state index contributed by atoms with van der Waals surface area (Å²) < 4.78 is 37.8. The first kappa shape index (κ1) is 16.1. The minimum Gasteiger partial charge on any atom is -0.387 e. The Morgan fingerprint density at radius 3 is 2.90 bits per heavy atom. The van der Waals surface area contributed by atoms with Gasteiger partial charge in [0.2, 0.25) is 5.91 Å². The molecule has 3 N–H and O–H groups in total. The standard InChI is InChI=1S/C13H15F3N2O2S/c14-13(15,16)9-3-1-2-8(4-9)11(19)5-17-12(20)10-6-21-7-18-10/h1-4,10-11,18-19H,5-7H2,(H,17,20)/t10-,11?/m1/s1. The fourth-order valence-corrected chi connectivity index (χ4v) is 2.87. The van der Waals surface area contributed by atoms with Gasteiger partial charge in [0.1, 0.15) is 0 Å². The maximum Gasteiger partial charge on any atom is 0.416 e. The Balaban J connectivity index is 1.94. The third kappa shape index (κ3) is 4.36. The second kappa shape index (κ2) is 6.67. The van der Waals surface area contributed by atoms with E-state index < -0.39 is 17.8 Å². The summed E-state index contributed by atoms with van der Waals surface area (Å²) in [5.41, 5.74) is -0.696. The normalized spacial score (nSPS) is 20.3. The molecule has 0 aromatic heterocycles. The van der Waals surface area contributed by atoms with Gasteiger partial charge in [-0.2, -0.15) is 13.2 Å². The van der Waals surface area contributed by atoms with E-state index in [4.69, 9.17) is 0 Å². The fraction of sp³-hybridized carbons (Fsp3) is 0.462. The third-order valence-corrected chi connectivity index (χ3v) is 4.04. The van der Waals surface area contributed by atoms with Crippen LogP contribution >= 0.6 is 11.8 Å². The number of hydrogen-bond donors (Lipinski definition) is 3. The summed E-state index contributed by atoms with van der Waals surface area (Å²) in [6, 6.07) is 4.15. The number of amides is 1. The summed E-state index contributed by atoms with van der Waals surface area (Å²) in [5, 5.41) is 15.4. The Hall–Kier alpha value is -1.25. The van der Waals surface area contributed by atoms with E-state index in [1.807, 2.05) is 0 Å². The lowest BCUT2D eigenvalue weighted by Crippen LogP contribution is -2.43. The summed E-state index contributed by atoms with van der Waals surface area (Å²) in [4.78, 5) is 11.7. The van der Waals surface area contributed by atoms with Crippen LogP contribution in [0.2, 0.25) is 0 Å². The van der Waals surface area contributed by atoms with Crippen LogP contribution in [0.5, 0.6) is 0 Å². The third-order valence-electron chi connectivity index (χ3n) is 3.10. The van der Waals surface area contributed by atoms with Crippen LogP contribution in [0.25, 0.3) is 0 Å². The van der Waals surface area contributed by atoms with Gasteiger partial charge < -0.3 is 10.4 Å². The SMILES string of the molecule is O=C(NCC(O)c1cccc(C(F)(F)F)c1)[C@H]1CSCN1. The molecule has 0 spiro atoms. The molecule has 116 valence electrons. The van der Waals surface area contributed by atoms with E-state index in [-0.39, 0.29) is 24.1 Å². The van der Waals surface area contributed by atoms with Crippen LogP contribution in [0.1, 0.15) is 17.2 Å². The summed E-state index contributed by atoms with van der Waals surface area (Å²) in [6.45, 7) is -0.122. The molecular weight excluding hydrogens is 305 g/mol. The van der Waals surface area contributed by atoms with Crippen molar-refractivity contribution in [3.63, 3.8) is 0 Å². The number of halogens is 3. The van der Waals surface area contributed by atoms with Gasteiger partial charge >= 0.3 is 6.18 Å². The predicted octanol–water partition coefficient (Wildman–Crippen LogP) is 1.52. The molecule has 1 aliphatic rings. The quantitative estimate of drug-likeness (QED) is 0.787. The van der Waals surface area contributed by atoms with E-state index in [0.717, 1.165) is 12.1 Å². The van der Waals surface area contributed by atoms with Crippen LogP contribution in [-0.2, 0) is 11.0 Å². The van der Waals surface area contributed by atoms with Crippen LogP contribution in [0.15, 0.2) is 24.3 Å². The fourth-order valence-electron chi connectivity index (χ4n) is 1.92. The van der Waals surface area contributed by atoms with E-state index in [0.29, 0.717) is 11.6 Å². The van der Waals surface area contributed by atoms with Crippen LogP contribution in [-0.4, -0.2) is 35.2 Å². The lowest BCUT2D eigenvalue weighted by atomic mass is 10.1. The zero-order valence-corrected chi connectivity index (χ0v) is 11.8. The molecule has 1 unspecified atom stereocenters. The van der Waals surface area contributed by atoms with Gasteiger partial charge in [-0.05, 0) is 17.7 Å². The molecule has 1 amide bonds. The molecule has 1 fully saturated rings. The highest BCUT2D eigenvalue weighted by atomic mass is 32.2. The van der Waals surface area contributed by atoms with Gasteiger partial charge in [0.05, 0.1) is 17.7 Å². The molecule has 0 aliphatic carbocycles. The van der Waals surface area contributed by atoms with Crippen molar-refractivity contribution in [3.8, 4) is 0 Å². The Kier molecular flexibility index (Phi) is 5.13. The molecule has 1 aromatic carbocycles. The number of rotatable bonds is 4. The Morgan fingerprint density at radius 1 is 1.52 bits per heavy atom. The van der Waals surface area contributed by atoms with Gasteiger partial charge in [-0.25, -0.2) is 0 Å². The minimum atomic E-state index is -4.45. The molecule has 8 heteroatoms. The lowest BCUT2D eigenvalue weighted by molar-refractivity contribution is -0.137. The molecule has 2 atom stereocenters. The van der Waals surface area contributed by atoms with E-state index in [9.17, 15) is 23.1 Å². The van der Waals surface area contributed by atoms with Gasteiger partial charge in [0.25, 0.3) is 0 Å². The smallest absolute Gasteiger partial charge is 0.387 e. The Bertz CT molecular complexity index is 504. The van der Waals surface area contributed by atoms with Crippen LogP contribution in [0.3, 0.4) is 0 Å². The molecule has 2 rings (SSSR count). The average Bonchev–Trinajstić information content (AvgIpc) is 2.98. The van der Waals surface area contributed by atoms with Crippen molar-refractivity contribution in [1.29, 1.82) is 0 Å². The lowest BCUT2D eigenvalue weighted by Gasteiger charge is -2.16. The van der Waals surface area contributed by atoms with E-state index in [1.165, 1.54) is 12.1 Å². The summed E-state index contributed by atoms with van der Waals surface area (Å²) >= 11 is 1.59. The van der Waals surface area contributed by atoms with Crippen molar-refractivity contribution < 1.29 is 23.1 Å². The summed E-state index contributed by atoms with van der Waals surface area (Å²) in [5.74, 6) is 1.07. The van der Waals surface area contributed by atoms with Gasteiger partial charge in [-0.15, -0.1) is 11.8 Å². The zero-order valence-electron chi connectivity index (χ0n) is 11.0. The molecule has 1 saturated heterocycles. The first-order chi connectivity index (χ1) is 9.88. The highest BCUT2D eigenvalue weighted by Crippen LogP contribution is 2.30. The molecule has 21 heavy (non-hydrogen) atoms. The van der Waals surface area contributed by atoms with Crippen LogP contribution in [0.4, 0.5) is 13.2 Å². The summed E-state index contributed by atoms with van der Waals surface area (Å²) in [6.07, 6.45) is -5.63. The number of carbonyl (C=O) groups excluding carboxylic acids is 1. The minimum absolute atomic E-state index is 0.122. The number of aliphatic hydroxyl groups excluding tert-OH is 1. The van der Waals surface area contributed by atoms with Crippen molar-refractivity contribution in [2.45, 2.75) is 18.3 Å². The number of carbonyl (C=O) groups is 1. The van der Waals surface area contributed by atoms with Gasteiger partial charge in [0.15, 0.2) is 0 Å². The number of hydrogen-bond acceptors (Lipinski definition) is 4. The van der Waals surface area contributed by atoms with Crippen molar-refractivity contribution in [1.82, 2.24) is 10.6 Å². The first-order valence-electron chi connectivity index (χ1n) is 6.32. The van der Waals surface area contributed by atoms with Crippen LogP contribution in [0, 0.1) is 0 Å². The topological polar surface area (TPSA) is 61.4 Å². The second-order valence-corrected chi connectivity index (χ2v) is 5.69. The highest BCUT2D eigenvalue weighted by molar-refractivity contribution is 7.99. The Morgan fingerprint density at radius 2 is 2.29 bits per heavy atom. The molecular formula is C13H15F3N2O2S. The van der Waals surface area contributed by atoms with E-state index >= 15 is 0 Å². The van der Waals surface area contributed by atoms with Crippen molar-refractivity contribution in [2.24, 2.45) is 0 Å². The zero-order chi connectivity index (χ0) is 15.5. The van der Waals surface area contributed by atoms with Crippen molar-refractivity contribution in [3.05, 3.63) is 35.4 Å². The van der Waals surface area contributed by atoms with Gasteiger partial charge in [-0.1, -0.05) is 12.1 Å². The molecule has 0 radical (unpaired) electrons. The van der Waals surface area contributed by atoms with Gasteiger partial charge in [0, 0.05) is 18.2 Å². The number of alkyl halides is 3. The van der Waals surface area contributed by atoms with Crippen LogP contribution < -0.4 is 10.6 Å². The average molecular weight is 320 g/mol. The predicted molar refractivity (Wildman–Crippen MR) is 73.7 cm³/mol. The number of nitrogens with one attached hydrogen (secondary N) is 2. The maximum absolute atomic E-state index is 12.6. The van der Waals surface area contributed by atoms with Crippen molar-refractivity contribution in [2.75, 3.05) is 18.2 Å². The number of benzene rings is 1. The molecule has 0 saturated carbocycles. The monoisotopic (exact) mass is 320 g/mol. The molecule has 0 bridgehead atoms. The highest BCUT2D eigenvalue weighted by Gasteiger charge is 2.31. The van der Waals surface area contributed by atoms with Gasteiger partial charge in [-0.3, -0.25) is 10.1 Å². The summed E-state index contributed by atoms with van der Waals surface area (Å²) in [7, 11) is 0. The van der Waals surface area contributed by atoms with E-state index in [2.05, 4.69) is 10.6 Å². The molecule has 1 aromatic rings. The molecule has 4 nitrogen and oxygen atoms in total. The number of aliphatic hydroxyl groups is 1. The number of thioether (sulfide) groups is 1. The largest absolute Gasteiger partial charge is 0.416 e. The second-order valence-electron chi connectivity index (χ2n) is 4.66. The maximum atomic E-state index is 12.6.